The van der Waals surface area contributed by atoms with Crippen molar-refractivity contribution in [3.05, 3.63) is 35.4 Å². The van der Waals surface area contributed by atoms with E-state index in [2.05, 4.69) is 13.8 Å². The fraction of sp³-hybridized carbons (Fsp3) is 0.467. The second kappa shape index (κ2) is 4.23. The Morgan fingerprint density at radius 2 is 1.83 bits per heavy atom. The molecular formula is C15H19NO2. The van der Waals surface area contributed by atoms with Crippen LogP contribution in [-0.2, 0) is 10.2 Å². The molecule has 0 saturated carbocycles. The number of amides is 2. The van der Waals surface area contributed by atoms with E-state index in [4.69, 9.17) is 0 Å². The minimum Gasteiger partial charge on any atom is -0.281 e. The van der Waals surface area contributed by atoms with Gasteiger partial charge in [0.25, 0.3) is 5.91 Å². The Bertz CT molecular complexity index is 507. The number of nitrogens with zero attached hydrogens (tertiary/aromatic N) is 1. The van der Waals surface area contributed by atoms with Crippen molar-refractivity contribution in [2.24, 2.45) is 5.92 Å². The van der Waals surface area contributed by atoms with Crippen LogP contribution in [0, 0.1) is 5.92 Å². The van der Waals surface area contributed by atoms with Gasteiger partial charge in [0.1, 0.15) is 0 Å². The summed E-state index contributed by atoms with van der Waals surface area (Å²) in [5.41, 5.74) is 0.933. The van der Waals surface area contributed by atoms with Gasteiger partial charge in [0.05, 0.1) is 5.41 Å². The quantitative estimate of drug-likeness (QED) is 0.751. The fourth-order valence-electron chi connectivity index (χ4n) is 2.92. The van der Waals surface area contributed by atoms with Gasteiger partial charge in [-0.05, 0) is 30.9 Å². The highest BCUT2D eigenvalue weighted by Gasteiger charge is 2.45. The van der Waals surface area contributed by atoms with E-state index in [0.717, 1.165) is 12.0 Å². The molecule has 1 unspecified atom stereocenters. The normalized spacial score (nSPS) is 23.5. The second-order valence-electron chi connectivity index (χ2n) is 5.64. The number of fused-ring (bicyclic) bond motifs is 1. The monoisotopic (exact) mass is 245 g/mol. The van der Waals surface area contributed by atoms with E-state index < -0.39 is 5.41 Å². The van der Waals surface area contributed by atoms with Gasteiger partial charge < -0.3 is 0 Å². The summed E-state index contributed by atoms with van der Waals surface area (Å²) < 4.78 is 0. The van der Waals surface area contributed by atoms with Crippen LogP contribution in [0.2, 0.25) is 0 Å². The first kappa shape index (κ1) is 12.8. The average molecular weight is 245 g/mol. The summed E-state index contributed by atoms with van der Waals surface area (Å²) in [5, 5.41) is 0. The van der Waals surface area contributed by atoms with E-state index in [9.17, 15) is 9.59 Å². The Morgan fingerprint density at radius 1 is 1.22 bits per heavy atom. The number of carbonyl (C=O) groups is 2. The Labute approximate surface area is 108 Å². The summed E-state index contributed by atoms with van der Waals surface area (Å²) in [6.45, 7) is 6.13. The predicted molar refractivity (Wildman–Crippen MR) is 70.3 cm³/mol. The van der Waals surface area contributed by atoms with Crippen LogP contribution < -0.4 is 0 Å². The van der Waals surface area contributed by atoms with Gasteiger partial charge in [0.2, 0.25) is 5.91 Å². The molecular weight excluding hydrogens is 226 g/mol. The lowest BCUT2D eigenvalue weighted by molar-refractivity contribution is -0.134. The fourth-order valence-corrected chi connectivity index (χ4v) is 2.92. The third kappa shape index (κ3) is 1.74. The smallest absolute Gasteiger partial charge is 0.260 e. The van der Waals surface area contributed by atoms with E-state index in [0.29, 0.717) is 11.5 Å². The lowest BCUT2D eigenvalue weighted by Crippen LogP contribution is -2.51. The van der Waals surface area contributed by atoms with Gasteiger partial charge in [-0.25, -0.2) is 0 Å². The van der Waals surface area contributed by atoms with Crippen molar-refractivity contribution in [1.82, 2.24) is 4.90 Å². The number of carbonyl (C=O) groups excluding carboxylic acids is 2. The second-order valence-corrected chi connectivity index (χ2v) is 5.64. The highest BCUT2D eigenvalue weighted by Crippen LogP contribution is 2.38. The maximum atomic E-state index is 12.5. The third-order valence-electron chi connectivity index (χ3n) is 3.65. The van der Waals surface area contributed by atoms with Crippen LogP contribution in [0.1, 0.15) is 43.1 Å². The minimum absolute atomic E-state index is 0.0973. The Balaban J connectivity index is 2.62. The highest BCUT2D eigenvalue weighted by atomic mass is 16.2. The molecule has 2 amide bonds. The first-order valence-electron chi connectivity index (χ1n) is 6.30. The maximum absolute atomic E-state index is 12.5. The van der Waals surface area contributed by atoms with Gasteiger partial charge in [-0.15, -0.1) is 0 Å². The molecule has 0 aliphatic carbocycles. The molecule has 0 saturated heterocycles. The minimum atomic E-state index is -0.590. The summed E-state index contributed by atoms with van der Waals surface area (Å²) >= 11 is 0. The Kier molecular flexibility index (Phi) is 3.01. The van der Waals surface area contributed by atoms with Crippen LogP contribution in [0.5, 0.6) is 0 Å². The van der Waals surface area contributed by atoms with E-state index in [1.165, 1.54) is 4.90 Å². The number of likely N-dealkylation sites (N-methyl/N-ethyl adjacent to an activating group) is 1. The van der Waals surface area contributed by atoms with Crippen molar-refractivity contribution < 1.29 is 9.59 Å². The number of imide groups is 1. The molecule has 0 N–H and O–H groups in total. The van der Waals surface area contributed by atoms with Crippen LogP contribution in [0.25, 0.3) is 0 Å². The molecule has 0 radical (unpaired) electrons. The first-order chi connectivity index (χ1) is 8.38. The van der Waals surface area contributed by atoms with Crippen molar-refractivity contribution in [2.45, 2.75) is 32.6 Å². The molecule has 1 aromatic carbocycles. The highest BCUT2D eigenvalue weighted by molar-refractivity contribution is 6.12. The van der Waals surface area contributed by atoms with Crippen molar-refractivity contribution in [3.8, 4) is 0 Å². The van der Waals surface area contributed by atoms with E-state index in [1.54, 1.807) is 13.1 Å². The van der Waals surface area contributed by atoms with Crippen LogP contribution in [0.3, 0.4) is 0 Å². The van der Waals surface area contributed by atoms with Gasteiger partial charge >= 0.3 is 0 Å². The third-order valence-corrected chi connectivity index (χ3v) is 3.65. The number of hydrogen-bond acceptors (Lipinski definition) is 2. The first-order valence-corrected chi connectivity index (χ1v) is 6.30. The van der Waals surface area contributed by atoms with E-state index in [1.807, 2.05) is 25.1 Å². The summed E-state index contributed by atoms with van der Waals surface area (Å²) in [7, 11) is 1.57. The van der Waals surface area contributed by atoms with Crippen molar-refractivity contribution in [3.63, 3.8) is 0 Å². The summed E-state index contributed by atoms with van der Waals surface area (Å²) in [4.78, 5) is 25.8. The lowest BCUT2D eigenvalue weighted by Gasteiger charge is -2.39. The van der Waals surface area contributed by atoms with Crippen molar-refractivity contribution >= 4 is 11.8 Å². The Hall–Kier alpha value is -1.64. The molecule has 1 aliphatic heterocycles. The van der Waals surface area contributed by atoms with Crippen LogP contribution >= 0.6 is 0 Å². The zero-order valence-electron chi connectivity index (χ0n) is 11.4. The van der Waals surface area contributed by atoms with Gasteiger partial charge in [-0.3, -0.25) is 14.5 Å². The van der Waals surface area contributed by atoms with Gasteiger partial charge in [0, 0.05) is 12.6 Å². The van der Waals surface area contributed by atoms with Gasteiger partial charge in [0.15, 0.2) is 0 Å². The van der Waals surface area contributed by atoms with Gasteiger partial charge in [-0.2, -0.15) is 0 Å². The molecule has 3 heteroatoms. The average Bonchev–Trinajstić information content (AvgIpc) is 2.33. The van der Waals surface area contributed by atoms with Crippen LogP contribution in [0.15, 0.2) is 24.3 Å². The Morgan fingerprint density at radius 3 is 2.44 bits per heavy atom. The molecule has 0 bridgehead atoms. The largest absolute Gasteiger partial charge is 0.281 e. The molecule has 2 rings (SSSR count). The van der Waals surface area contributed by atoms with E-state index in [-0.39, 0.29) is 11.8 Å². The SMILES string of the molecule is CC(C)CC1(C)C(=O)N(C)C(=O)c2ccccc21. The molecule has 0 aromatic heterocycles. The van der Waals surface area contributed by atoms with Crippen LogP contribution in [0.4, 0.5) is 0 Å². The molecule has 1 aromatic rings. The topological polar surface area (TPSA) is 37.4 Å². The molecule has 0 fully saturated rings. The van der Waals surface area contributed by atoms with Crippen LogP contribution in [-0.4, -0.2) is 23.8 Å². The predicted octanol–water partition coefficient (Wildman–Crippen LogP) is 2.60. The molecule has 96 valence electrons. The van der Waals surface area contributed by atoms with E-state index >= 15 is 0 Å². The zero-order valence-corrected chi connectivity index (χ0v) is 11.4. The molecule has 1 aliphatic rings. The number of rotatable bonds is 2. The number of hydrogen-bond donors (Lipinski definition) is 0. The molecule has 1 atom stereocenters. The van der Waals surface area contributed by atoms with Gasteiger partial charge in [-0.1, -0.05) is 32.0 Å². The zero-order chi connectivity index (χ0) is 13.5. The molecule has 18 heavy (non-hydrogen) atoms. The number of benzene rings is 1. The van der Waals surface area contributed by atoms with Crippen molar-refractivity contribution in [2.75, 3.05) is 7.05 Å². The molecule has 3 nitrogen and oxygen atoms in total. The standard InChI is InChI=1S/C15H19NO2/c1-10(2)9-15(3)12-8-6-5-7-11(12)13(17)16(4)14(15)18/h5-8,10H,9H2,1-4H3. The maximum Gasteiger partial charge on any atom is 0.260 e. The summed E-state index contributed by atoms with van der Waals surface area (Å²) in [6.07, 6.45) is 0.750. The van der Waals surface area contributed by atoms with Crippen molar-refractivity contribution in [1.29, 1.82) is 0 Å². The lowest BCUT2D eigenvalue weighted by atomic mass is 9.71. The summed E-state index contributed by atoms with van der Waals surface area (Å²) in [6, 6.07) is 7.44. The molecule has 1 heterocycles. The molecule has 0 spiro atoms. The summed E-state index contributed by atoms with van der Waals surface area (Å²) in [5.74, 6) is 0.102.